The highest BCUT2D eigenvalue weighted by atomic mass is 35.5. The van der Waals surface area contributed by atoms with Crippen molar-refractivity contribution in [2.45, 2.75) is 11.3 Å². The van der Waals surface area contributed by atoms with Crippen LogP contribution in [0.5, 0.6) is 0 Å². The second-order valence-corrected chi connectivity index (χ2v) is 4.19. The molecule has 0 atom stereocenters. The third-order valence-electron chi connectivity index (χ3n) is 1.81. The molecule has 1 amide bonds. The fourth-order valence-electron chi connectivity index (χ4n) is 1.10. The van der Waals surface area contributed by atoms with Crippen LogP contribution in [0.4, 0.5) is 5.69 Å². The first kappa shape index (κ1) is 12.4. The smallest absolute Gasteiger partial charge is 0.225 e. The summed E-state index contributed by atoms with van der Waals surface area (Å²) in [5, 5.41) is 3.37. The fourth-order valence-corrected chi connectivity index (χ4v) is 1.97. The summed E-state index contributed by atoms with van der Waals surface area (Å²) >= 11 is 7.56. The molecule has 3 N–H and O–H groups in total. The van der Waals surface area contributed by atoms with Gasteiger partial charge in [-0.3, -0.25) is 4.79 Å². The fraction of sp³-hybridized carbons (Fsp3) is 0.300. The molecule has 3 nitrogen and oxygen atoms in total. The van der Waals surface area contributed by atoms with E-state index in [1.54, 1.807) is 17.8 Å². The normalized spacial score (nSPS) is 10.1. The number of nitrogens with two attached hydrogens (primary N) is 1. The molecular formula is C10H13ClN2OS. The summed E-state index contributed by atoms with van der Waals surface area (Å²) in [5.74, 6) is -0.0922. The van der Waals surface area contributed by atoms with E-state index in [1.807, 2.05) is 18.4 Å². The molecule has 0 aliphatic rings. The molecule has 5 heteroatoms. The molecule has 1 aromatic rings. The molecule has 0 aliphatic carbocycles. The van der Waals surface area contributed by atoms with E-state index in [2.05, 4.69) is 5.32 Å². The number of hydrogen-bond donors (Lipinski definition) is 2. The monoisotopic (exact) mass is 244 g/mol. The lowest BCUT2D eigenvalue weighted by molar-refractivity contribution is -0.116. The van der Waals surface area contributed by atoms with E-state index in [-0.39, 0.29) is 5.91 Å². The van der Waals surface area contributed by atoms with Crippen LogP contribution in [-0.2, 0) is 4.79 Å². The van der Waals surface area contributed by atoms with E-state index < -0.39 is 0 Å². The zero-order valence-corrected chi connectivity index (χ0v) is 9.99. The largest absolute Gasteiger partial charge is 0.330 e. The average molecular weight is 245 g/mol. The minimum absolute atomic E-state index is 0.0922. The van der Waals surface area contributed by atoms with Crippen molar-refractivity contribution in [3.63, 3.8) is 0 Å². The van der Waals surface area contributed by atoms with Gasteiger partial charge in [0.05, 0.1) is 5.02 Å². The molecule has 0 aromatic heterocycles. The first-order valence-electron chi connectivity index (χ1n) is 4.51. The highest BCUT2D eigenvalue weighted by Crippen LogP contribution is 2.27. The number of hydrogen-bond acceptors (Lipinski definition) is 3. The maximum atomic E-state index is 11.2. The van der Waals surface area contributed by atoms with Crippen LogP contribution in [0.15, 0.2) is 23.1 Å². The number of thioether (sulfide) groups is 1. The SMILES string of the molecule is CSc1ccc(NC(=O)CCN)cc1Cl. The first-order valence-corrected chi connectivity index (χ1v) is 6.11. The van der Waals surface area contributed by atoms with Gasteiger partial charge in [-0.25, -0.2) is 0 Å². The van der Waals surface area contributed by atoms with Gasteiger partial charge in [-0.15, -0.1) is 11.8 Å². The van der Waals surface area contributed by atoms with Crippen molar-refractivity contribution in [1.82, 2.24) is 0 Å². The van der Waals surface area contributed by atoms with Crippen molar-refractivity contribution in [2.75, 3.05) is 18.1 Å². The van der Waals surface area contributed by atoms with Crippen LogP contribution in [0.3, 0.4) is 0 Å². The molecule has 0 spiro atoms. The van der Waals surface area contributed by atoms with Crippen molar-refractivity contribution in [3.05, 3.63) is 23.2 Å². The van der Waals surface area contributed by atoms with Crippen LogP contribution in [-0.4, -0.2) is 18.7 Å². The third kappa shape index (κ3) is 3.74. The molecule has 0 saturated carbocycles. The van der Waals surface area contributed by atoms with Crippen molar-refractivity contribution < 1.29 is 4.79 Å². The summed E-state index contributed by atoms with van der Waals surface area (Å²) in [7, 11) is 0. The lowest BCUT2D eigenvalue weighted by Crippen LogP contribution is -2.16. The minimum atomic E-state index is -0.0922. The Kier molecular flexibility index (Phi) is 4.94. The number of anilines is 1. The summed E-state index contributed by atoms with van der Waals surface area (Å²) in [5.41, 5.74) is 5.97. The number of halogens is 1. The Morgan fingerprint density at radius 3 is 2.87 bits per heavy atom. The summed E-state index contributed by atoms with van der Waals surface area (Å²) in [4.78, 5) is 12.2. The third-order valence-corrected chi connectivity index (χ3v) is 3.03. The summed E-state index contributed by atoms with van der Waals surface area (Å²) in [6.07, 6.45) is 2.27. The van der Waals surface area contributed by atoms with Gasteiger partial charge in [0.25, 0.3) is 0 Å². The molecule has 15 heavy (non-hydrogen) atoms. The van der Waals surface area contributed by atoms with Gasteiger partial charge in [-0.1, -0.05) is 11.6 Å². The van der Waals surface area contributed by atoms with E-state index in [9.17, 15) is 4.79 Å². The molecule has 0 fully saturated rings. The van der Waals surface area contributed by atoms with E-state index >= 15 is 0 Å². The van der Waals surface area contributed by atoms with Crippen LogP contribution < -0.4 is 11.1 Å². The second-order valence-electron chi connectivity index (χ2n) is 2.94. The maximum Gasteiger partial charge on any atom is 0.225 e. The number of benzene rings is 1. The van der Waals surface area contributed by atoms with Gasteiger partial charge in [-0.05, 0) is 24.5 Å². The van der Waals surface area contributed by atoms with Crippen LogP contribution in [0.2, 0.25) is 5.02 Å². The van der Waals surface area contributed by atoms with Gasteiger partial charge in [0.2, 0.25) is 5.91 Å². The lowest BCUT2D eigenvalue weighted by Gasteiger charge is -2.06. The van der Waals surface area contributed by atoms with Gasteiger partial charge in [0, 0.05) is 23.5 Å². The molecule has 0 saturated heterocycles. The van der Waals surface area contributed by atoms with E-state index in [0.717, 1.165) is 4.90 Å². The predicted molar refractivity (Wildman–Crippen MR) is 65.5 cm³/mol. The Morgan fingerprint density at radius 1 is 1.60 bits per heavy atom. The molecule has 1 rings (SSSR count). The Bertz CT molecular complexity index is 357. The van der Waals surface area contributed by atoms with Crippen LogP contribution in [0, 0.1) is 0 Å². The minimum Gasteiger partial charge on any atom is -0.330 e. The Labute approximate surface area is 98.4 Å². The van der Waals surface area contributed by atoms with Crippen LogP contribution >= 0.6 is 23.4 Å². The number of amides is 1. The van der Waals surface area contributed by atoms with Gasteiger partial charge in [0.1, 0.15) is 0 Å². The molecule has 1 aromatic carbocycles. The Hall–Kier alpha value is -0.710. The van der Waals surface area contributed by atoms with Gasteiger partial charge < -0.3 is 11.1 Å². The Morgan fingerprint density at radius 2 is 2.33 bits per heavy atom. The highest BCUT2D eigenvalue weighted by molar-refractivity contribution is 7.98. The number of rotatable bonds is 4. The van der Waals surface area contributed by atoms with Crippen LogP contribution in [0.25, 0.3) is 0 Å². The number of carbonyl (C=O) groups is 1. The van der Waals surface area contributed by atoms with E-state index in [1.165, 1.54) is 0 Å². The molecule has 0 heterocycles. The summed E-state index contributed by atoms with van der Waals surface area (Å²) in [6.45, 7) is 0.350. The molecule has 82 valence electrons. The number of nitrogens with one attached hydrogen (secondary N) is 1. The summed E-state index contributed by atoms with van der Waals surface area (Å²) in [6, 6.07) is 5.44. The Balaban J connectivity index is 2.71. The van der Waals surface area contributed by atoms with Crippen molar-refractivity contribution >= 4 is 35.0 Å². The summed E-state index contributed by atoms with van der Waals surface area (Å²) < 4.78 is 0. The molecule has 0 aliphatic heterocycles. The maximum absolute atomic E-state index is 11.2. The molecular weight excluding hydrogens is 232 g/mol. The standard InChI is InChI=1S/C10H13ClN2OS/c1-15-9-3-2-7(6-8(9)11)13-10(14)4-5-12/h2-3,6H,4-5,12H2,1H3,(H,13,14). The van der Waals surface area contributed by atoms with Crippen LogP contribution in [0.1, 0.15) is 6.42 Å². The van der Waals surface area contributed by atoms with Crippen molar-refractivity contribution in [2.24, 2.45) is 5.73 Å². The quantitative estimate of drug-likeness (QED) is 0.800. The predicted octanol–water partition coefficient (Wildman–Crippen LogP) is 2.35. The van der Waals surface area contributed by atoms with E-state index in [4.69, 9.17) is 17.3 Å². The topological polar surface area (TPSA) is 55.1 Å². The molecule has 0 bridgehead atoms. The first-order chi connectivity index (χ1) is 7.17. The lowest BCUT2D eigenvalue weighted by atomic mass is 10.3. The zero-order valence-electron chi connectivity index (χ0n) is 8.42. The highest BCUT2D eigenvalue weighted by Gasteiger charge is 2.03. The van der Waals surface area contributed by atoms with Gasteiger partial charge in [0.15, 0.2) is 0 Å². The number of carbonyl (C=O) groups excluding carboxylic acids is 1. The van der Waals surface area contributed by atoms with Crippen molar-refractivity contribution in [3.8, 4) is 0 Å². The van der Waals surface area contributed by atoms with E-state index in [0.29, 0.717) is 23.7 Å². The van der Waals surface area contributed by atoms with Gasteiger partial charge in [-0.2, -0.15) is 0 Å². The molecule has 0 radical (unpaired) electrons. The second kappa shape index (κ2) is 6.00. The molecule has 0 unspecified atom stereocenters. The van der Waals surface area contributed by atoms with Gasteiger partial charge >= 0.3 is 0 Å². The zero-order chi connectivity index (χ0) is 11.3. The van der Waals surface area contributed by atoms with Crippen molar-refractivity contribution in [1.29, 1.82) is 0 Å². The average Bonchev–Trinajstić information content (AvgIpc) is 2.18.